The molecule has 1 rings (SSSR count). The number of methoxy groups -OCH3 is 1. The van der Waals surface area contributed by atoms with E-state index < -0.39 is 0 Å². The summed E-state index contributed by atoms with van der Waals surface area (Å²) < 4.78 is 15.9. The van der Waals surface area contributed by atoms with E-state index in [0.717, 1.165) is 25.1 Å². The molecule has 0 aromatic heterocycles. The largest absolute Gasteiger partial charge is 0.491 e. The van der Waals surface area contributed by atoms with Gasteiger partial charge in [0, 0.05) is 13.2 Å². The second kappa shape index (κ2) is 11.5. The monoisotopic (exact) mass is 295 g/mol. The first kappa shape index (κ1) is 18.0. The lowest BCUT2D eigenvalue weighted by Gasteiger charge is -2.12. The Labute approximate surface area is 128 Å². The van der Waals surface area contributed by atoms with E-state index >= 15 is 0 Å². The van der Waals surface area contributed by atoms with Gasteiger partial charge in [-0.25, -0.2) is 0 Å². The number of hydrogen-bond acceptors (Lipinski definition) is 4. The molecule has 0 heterocycles. The van der Waals surface area contributed by atoms with Crippen LogP contribution in [0.25, 0.3) is 0 Å². The Morgan fingerprint density at radius 1 is 1.05 bits per heavy atom. The van der Waals surface area contributed by atoms with Crippen molar-refractivity contribution in [3.8, 4) is 5.75 Å². The Balaban J connectivity index is 2.18. The molecule has 0 radical (unpaired) electrons. The van der Waals surface area contributed by atoms with Gasteiger partial charge in [-0.1, -0.05) is 19.1 Å². The summed E-state index contributed by atoms with van der Waals surface area (Å²) in [5, 5.41) is 3.43. The summed E-state index contributed by atoms with van der Waals surface area (Å²) in [7, 11) is 1.67. The Morgan fingerprint density at radius 2 is 1.76 bits per heavy atom. The van der Waals surface area contributed by atoms with Gasteiger partial charge in [0.25, 0.3) is 0 Å². The van der Waals surface area contributed by atoms with Crippen molar-refractivity contribution in [3.63, 3.8) is 0 Å². The van der Waals surface area contributed by atoms with Crippen molar-refractivity contribution in [1.29, 1.82) is 0 Å². The number of benzene rings is 1. The van der Waals surface area contributed by atoms with Crippen molar-refractivity contribution < 1.29 is 14.2 Å². The van der Waals surface area contributed by atoms with Crippen molar-refractivity contribution in [3.05, 3.63) is 29.8 Å². The molecular formula is C17H29NO3. The summed E-state index contributed by atoms with van der Waals surface area (Å²) in [6.07, 6.45) is 2.25. The zero-order valence-corrected chi connectivity index (χ0v) is 13.6. The maximum absolute atomic E-state index is 5.63. The van der Waals surface area contributed by atoms with Crippen LogP contribution in [0.5, 0.6) is 5.75 Å². The van der Waals surface area contributed by atoms with E-state index in [1.807, 2.05) is 12.1 Å². The van der Waals surface area contributed by atoms with Crippen molar-refractivity contribution in [1.82, 2.24) is 5.32 Å². The highest BCUT2D eigenvalue weighted by Crippen LogP contribution is 2.14. The molecule has 0 aliphatic rings. The third-order valence-corrected chi connectivity index (χ3v) is 3.27. The molecule has 120 valence electrons. The van der Waals surface area contributed by atoms with Gasteiger partial charge in [-0.15, -0.1) is 0 Å². The van der Waals surface area contributed by atoms with Crippen molar-refractivity contribution in [2.75, 3.05) is 40.1 Å². The van der Waals surface area contributed by atoms with E-state index in [1.165, 1.54) is 5.56 Å². The predicted molar refractivity (Wildman–Crippen MR) is 86.1 cm³/mol. The van der Waals surface area contributed by atoms with Gasteiger partial charge in [0.1, 0.15) is 12.4 Å². The number of rotatable bonds is 12. The van der Waals surface area contributed by atoms with Crippen LogP contribution in [-0.4, -0.2) is 46.1 Å². The molecule has 4 heteroatoms. The zero-order chi connectivity index (χ0) is 15.3. The fourth-order valence-electron chi connectivity index (χ4n) is 2.05. The molecule has 4 nitrogen and oxygen atoms in total. The smallest absolute Gasteiger partial charge is 0.119 e. The van der Waals surface area contributed by atoms with E-state index in [1.54, 1.807) is 7.11 Å². The summed E-state index contributed by atoms with van der Waals surface area (Å²) in [5.74, 6) is 0.897. The maximum Gasteiger partial charge on any atom is 0.119 e. The van der Waals surface area contributed by atoms with Crippen LogP contribution in [0.3, 0.4) is 0 Å². The number of aryl methyl sites for hydroxylation is 1. The molecule has 0 aliphatic heterocycles. The van der Waals surface area contributed by atoms with E-state index in [2.05, 4.69) is 31.3 Å². The highest BCUT2D eigenvalue weighted by Gasteiger charge is 2.01. The van der Waals surface area contributed by atoms with E-state index in [-0.39, 0.29) is 0 Å². The molecule has 1 atom stereocenters. The highest BCUT2D eigenvalue weighted by atomic mass is 16.5. The molecule has 0 fully saturated rings. The molecular weight excluding hydrogens is 266 g/mol. The minimum absolute atomic E-state index is 0.565. The van der Waals surface area contributed by atoms with Crippen LogP contribution in [-0.2, 0) is 15.9 Å². The first-order chi connectivity index (χ1) is 10.3. The minimum Gasteiger partial charge on any atom is -0.491 e. The van der Waals surface area contributed by atoms with Gasteiger partial charge in [0.2, 0.25) is 0 Å². The number of ether oxygens (including phenoxy) is 3. The summed E-state index contributed by atoms with van der Waals surface area (Å²) in [6.45, 7) is 7.79. The van der Waals surface area contributed by atoms with Crippen molar-refractivity contribution in [2.45, 2.75) is 32.7 Å². The highest BCUT2D eigenvalue weighted by molar-refractivity contribution is 5.27. The molecule has 0 amide bonds. The van der Waals surface area contributed by atoms with Gasteiger partial charge >= 0.3 is 0 Å². The van der Waals surface area contributed by atoms with Gasteiger partial charge in [0.05, 0.1) is 19.8 Å². The third kappa shape index (κ3) is 8.71. The van der Waals surface area contributed by atoms with Crippen LogP contribution in [0.2, 0.25) is 0 Å². The Hall–Kier alpha value is -1.10. The molecule has 0 spiro atoms. The maximum atomic E-state index is 5.63. The number of nitrogens with one attached hydrogen (secondary N) is 1. The van der Waals surface area contributed by atoms with Gasteiger partial charge in [-0.2, -0.15) is 0 Å². The van der Waals surface area contributed by atoms with Gasteiger partial charge in [0.15, 0.2) is 0 Å². The fraction of sp³-hybridized carbons (Fsp3) is 0.647. The van der Waals surface area contributed by atoms with Crippen molar-refractivity contribution in [2.24, 2.45) is 0 Å². The SMILES string of the molecule is CCNC(C)CCc1ccc(OCCOCCOC)cc1. The van der Waals surface area contributed by atoms with Crippen LogP contribution in [0.15, 0.2) is 24.3 Å². The van der Waals surface area contributed by atoms with Gasteiger partial charge in [-0.05, 0) is 44.0 Å². The molecule has 21 heavy (non-hydrogen) atoms. The lowest BCUT2D eigenvalue weighted by molar-refractivity contribution is 0.0544. The average Bonchev–Trinajstić information content (AvgIpc) is 2.50. The molecule has 0 saturated carbocycles. The van der Waals surface area contributed by atoms with E-state index in [9.17, 15) is 0 Å². The van der Waals surface area contributed by atoms with Crippen LogP contribution in [0, 0.1) is 0 Å². The van der Waals surface area contributed by atoms with E-state index in [4.69, 9.17) is 14.2 Å². The molecule has 0 bridgehead atoms. The second-order valence-electron chi connectivity index (χ2n) is 5.09. The predicted octanol–water partition coefficient (Wildman–Crippen LogP) is 2.66. The molecule has 0 aliphatic carbocycles. The zero-order valence-electron chi connectivity index (χ0n) is 13.6. The summed E-state index contributed by atoms with van der Waals surface area (Å²) in [6, 6.07) is 8.90. The summed E-state index contributed by atoms with van der Waals surface area (Å²) in [4.78, 5) is 0. The third-order valence-electron chi connectivity index (χ3n) is 3.27. The summed E-state index contributed by atoms with van der Waals surface area (Å²) in [5.41, 5.74) is 1.35. The summed E-state index contributed by atoms with van der Waals surface area (Å²) >= 11 is 0. The fourth-order valence-corrected chi connectivity index (χ4v) is 2.05. The van der Waals surface area contributed by atoms with Crippen LogP contribution in [0.4, 0.5) is 0 Å². The first-order valence-electron chi connectivity index (χ1n) is 7.78. The standard InChI is InChI=1S/C17H29NO3/c1-4-18-15(2)5-6-16-7-9-17(10-8-16)21-14-13-20-12-11-19-3/h7-10,15,18H,4-6,11-14H2,1-3H3. The van der Waals surface area contributed by atoms with Gasteiger partial charge in [-0.3, -0.25) is 0 Å². The second-order valence-corrected chi connectivity index (χ2v) is 5.09. The Bertz CT molecular complexity index is 354. The molecule has 1 N–H and O–H groups in total. The topological polar surface area (TPSA) is 39.7 Å². The quantitative estimate of drug-likeness (QED) is 0.602. The first-order valence-corrected chi connectivity index (χ1v) is 7.78. The molecule has 0 saturated heterocycles. The van der Waals surface area contributed by atoms with Crippen LogP contribution < -0.4 is 10.1 Å². The minimum atomic E-state index is 0.565. The Kier molecular flexibility index (Phi) is 9.87. The lowest BCUT2D eigenvalue weighted by atomic mass is 10.1. The van der Waals surface area contributed by atoms with Crippen molar-refractivity contribution >= 4 is 0 Å². The van der Waals surface area contributed by atoms with Gasteiger partial charge < -0.3 is 19.5 Å². The lowest BCUT2D eigenvalue weighted by Crippen LogP contribution is -2.25. The average molecular weight is 295 g/mol. The van der Waals surface area contributed by atoms with Crippen LogP contribution in [0.1, 0.15) is 25.8 Å². The molecule has 1 unspecified atom stereocenters. The Morgan fingerprint density at radius 3 is 2.43 bits per heavy atom. The molecule has 1 aromatic rings. The van der Waals surface area contributed by atoms with Crippen LogP contribution >= 0.6 is 0 Å². The van der Waals surface area contributed by atoms with E-state index in [0.29, 0.717) is 32.5 Å². The normalized spacial score (nSPS) is 12.3. The number of hydrogen-bond donors (Lipinski definition) is 1. The molecule has 1 aromatic carbocycles.